The van der Waals surface area contributed by atoms with Gasteiger partial charge in [-0.05, 0) is 26.2 Å². The molecule has 0 aromatic heterocycles. The maximum atomic E-state index is 12.6. The zero-order valence-corrected chi connectivity index (χ0v) is 17.7. The number of hydrogen-bond acceptors (Lipinski definition) is 8. The third-order valence-corrected chi connectivity index (χ3v) is 4.14. The van der Waals surface area contributed by atoms with Crippen molar-refractivity contribution in [2.75, 3.05) is 13.1 Å². The average Bonchev–Trinajstić information content (AvgIpc) is 2.69. The number of amides is 4. The van der Waals surface area contributed by atoms with E-state index in [-0.39, 0.29) is 38.2 Å². The molecule has 0 aromatic rings. The van der Waals surface area contributed by atoms with Gasteiger partial charge >= 0.3 is 5.97 Å². The fourth-order valence-electron chi connectivity index (χ4n) is 2.49. The van der Waals surface area contributed by atoms with E-state index in [4.69, 9.17) is 22.9 Å². The predicted octanol–water partition coefficient (Wildman–Crippen LogP) is -4.82. The van der Waals surface area contributed by atoms with Crippen LogP contribution in [-0.2, 0) is 24.0 Å². The summed E-state index contributed by atoms with van der Waals surface area (Å²) in [5.74, 6) is -4.82. The van der Waals surface area contributed by atoms with E-state index >= 15 is 0 Å². The first-order valence-electron chi connectivity index (χ1n) is 9.73. The number of aliphatic hydroxyl groups excluding tert-OH is 1. The van der Waals surface area contributed by atoms with Crippen LogP contribution < -0.4 is 38.9 Å². The van der Waals surface area contributed by atoms with Crippen molar-refractivity contribution >= 4 is 35.6 Å². The van der Waals surface area contributed by atoms with Crippen LogP contribution in [0.2, 0.25) is 0 Å². The predicted molar refractivity (Wildman–Crippen MR) is 113 cm³/mol. The lowest BCUT2D eigenvalue weighted by Gasteiger charge is -2.25. The summed E-state index contributed by atoms with van der Waals surface area (Å²) in [5, 5.41) is 25.9. The minimum Gasteiger partial charge on any atom is -0.480 e. The number of nitrogens with two attached hydrogens (primary N) is 4. The second-order valence-corrected chi connectivity index (χ2v) is 6.90. The lowest BCUT2D eigenvalue weighted by atomic mass is 10.1. The van der Waals surface area contributed by atoms with Crippen LogP contribution in [-0.4, -0.2) is 83.1 Å². The highest BCUT2D eigenvalue weighted by Gasteiger charge is 2.31. The number of aliphatic carboxylic acids is 1. The summed E-state index contributed by atoms with van der Waals surface area (Å²) in [6, 6.07) is -4.13. The monoisotopic (exact) mass is 460 g/mol. The molecule has 15 heteroatoms. The van der Waals surface area contributed by atoms with Crippen molar-refractivity contribution in [1.29, 1.82) is 0 Å². The molecule has 0 heterocycles. The average molecular weight is 460 g/mol. The normalized spacial score (nSPS) is 14.2. The van der Waals surface area contributed by atoms with Gasteiger partial charge in [-0.2, -0.15) is 0 Å². The lowest BCUT2D eigenvalue weighted by Crippen LogP contribution is -2.58. The SMILES string of the molecule is CC(O)C(NC(=O)CN)C(=O)NC(CCC(N)=O)C(=O)NC(CCCN=C(N)N)C(=O)O. The van der Waals surface area contributed by atoms with E-state index in [1.807, 2.05) is 0 Å². The molecule has 4 atom stereocenters. The van der Waals surface area contributed by atoms with Gasteiger partial charge in [0.1, 0.15) is 18.1 Å². The van der Waals surface area contributed by atoms with Crippen LogP contribution in [0.3, 0.4) is 0 Å². The maximum absolute atomic E-state index is 12.6. The number of carbonyl (C=O) groups excluding carboxylic acids is 4. The highest BCUT2D eigenvalue weighted by atomic mass is 16.4. The largest absolute Gasteiger partial charge is 0.480 e. The number of primary amides is 1. The first-order valence-corrected chi connectivity index (χ1v) is 9.73. The van der Waals surface area contributed by atoms with E-state index < -0.39 is 60.4 Å². The number of aliphatic imine (C=N–C) groups is 1. The molecule has 0 aliphatic carbocycles. The summed E-state index contributed by atoms with van der Waals surface area (Å²) in [6.07, 6.45) is -1.66. The topological polar surface area (TPSA) is 278 Å². The summed E-state index contributed by atoms with van der Waals surface area (Å²) >= 11 is 0. The van der Waals surface area contributed by atoms with E-state index in [9.17, 15) is 34.2 Å². The van der Waals surface area contributed by atoms with Crippen molar-refractivity contribution in [3.63, 3.8) is 0 Å². The Morgan fingerprint density at radius 1 is 0.938 bits per heavy atom. The summed E-state index contributed by atoms with van der Waals surface area (Å²) in [5.41, 5.74) is 20.7. The van der Waals surface area contributed by atoms with E-state index in [1.54, 1.807) is 0 Å². The van der Waals surface area contributed by atoms with Crippen LogP contribution in [0, 0.1) is 0 Å². The molecule has 0 aromatic carbocycles. The van der Waals surface area contributed by atoms with Gasteiger partial charge < -0.3 is 49.1 Å². The number of hydrogen-bond donors (Lipinski definition) is 9. The second kappa shape index (κ2) is 14.5. The Labute approximate surface area is 184 Å². The third-order valence-electron chi connectivity index (χ3n) is 4.14. The molecule has 0 aliphatic rings. The molecule has 13 N–H and O–H groups in total. The number of rotatable bonds is 15. The number of carbonyl (C=O) groups is 5. The molecule has 0 radical (unpaired) electrons. The van der Waals surface area contributed by atoms with Gasteiger partial charge in [0.25, 0.3) is 0 Å². The molecular formula is C17H32N8O7. The highest BCUT2D eigenvalue weighted by Crippen LogP contribution is 2.04. The second-order valence-electron chi connectivity index (χ2n) is 6.90. The maximum Gasteiger partial charge on any atom is 0.326 e. The Morgan fingerprint density at radius 2 is 1.53 bits per heavy atom. The quantitative estimate of drug-likeness (QED) is 0.0638. The third kappa shape index (κ3) is 11.7. The van der Waals surface area contributed by atoms with Crippen LogP contribution in [0.15, 0.2) is 4.99 Å². The molecule has 0 fully saturated rings. The summed E-state index contributed by atoms with van der Waals surface area (Å²) < 4.78 is 0. The Balaban J connectivity index is 5.34. The molecule has 15 nitrogen and oxygen atoms in total. The molecule has 0 rings (SSSR count). The van der Waals surface area contributed by atoms with E-state index in [0.717, 1.165) is 0 Å². The van der Waals surface area contributed by atoms with Gasteiger partial charge in [0.15, 0.2) is 5.96 Å². The van der Waals surface area contributed by atoms with Crippen LogP contribution in [0.25, 0.3) is 0 Å². The fraction of sp³-hybridized carbons (Fsp3) is 0.647. The van der Waals surface area contributed by atoms with E-state index in [1.165, 1.54) is 6.92 Å². The van der Waals surface area contributed by atoms with Crippen molar-refractivity contribution in [1.82, 2.24) is 16.0 Å². The fourth-order valence-corrected chi connectivity index (χ4v) is 2.49. The molecule has 0 saturated heterocycles. The minimum atomic E-state index is -1.44. The van der Waals surface area contributed by atoms with Gasteiger partial charge in [-0.25, -0.2) is 4.79 Å². The van der Waals surface area contributed by atoms with Crippen molar-refractivity contribution < 1.29 is 34.2 Å². The molecule has 4 unspecified atom stereocenters. The Kier molecular flexibility index (Phi) is 13.0. The van der Waals surface area contributed by atoms with Gasteiger partial charge in [-0.3, -0.25) is 24.2 Å². The van der Waals surface area contributed by atoms with E-state index in [2.05, 4.69) is 20.9 Å². The van der Waals surface area contributed by atoms with Gasteiger partial charge in [0.05, 0.1) is 12.6 Å². The zero-order valence-electron chi connectivity index (χ0n) is 17.7. The van der Waals surface area contributed by atoms with E-state index in [0.29, 0.717) is 0 Å². The van der Waals surface area contributed by atoms with Crippen molar-refractivity contribution in [3.8, 4) is 0 Å². The van der Waals surface area contributed by atoms with Crippen molar-refractivity contribution in [3.05, 3.63) is 0 Å². The molecular weight excluding hydrogens is 428 g/mol. The Morgan fingerprint density at radius 3 is 2.00 bits per heavy atom. The number of aliphatic hydroxyl groups is 1. The molecule has 0 spiro atoms. The number of nitrogens with zero attached hydrogens (tertiary/aromatic N) is 1. The van der Waals surface area contributed by atoms with Crippen LogP contribution >= 0.6 is 0 Å². The summed E-state index contributed by atoms with van der Waals surface area (Å²) in [7, 11) is 0. The van der Waals surface area contributed by atoms with Gasteiger partial charge in [0.2, 0.25) is 23.6 Å². The van der Waals surface area contributed by atoms with Gasteiger partial charge in [-0.15, -0.1) is 0 Å². The Hall–Kier alpha value is -3.46. The number of carboxylic acids is 1. The molecule has 0 bridgehead atoms. The van der Waals surface area contributed by atoms with Gasteiger partial charge in [-0.1, -0.05) is 0 Å². The smallest absolute Gasteiger partial charge is 0.326 e. The number of guanidine groups is 1. The molecule has 32 heavy (non-hydrogen) atoms. The first kappa shape index (κ1) is 28.5. The molecule has 182 valence electrons. The number of nitrogens with one attached hydrogen (secondary N) is 3. The minimum absolute atomic E-state index is 0.0167. The lowest BCUT2D eigenvalue weighted by molar-refractivity contribution is -0.142. The molecule has 0 saturated carbocycles. The summed E-state index contributed by atoms with van der Waals surface area (Å²) in [4.78, 5) is 63.0. The van der Waals surface area contributed by atoms with Crippen LogP contribution in [0.5, 0.6) is 0 Å². The molecule has 4 amide bonds. The number of carboxylic acid groups (broad SMARTS) is 1. The van der Waals surface area contributed by atoms with Crippen molar-refractivity contribution in [2.45, 2.75) is 56.8 Å². The van der Waals surface area contributed by atoms with Crippen molar-refractivity contribution in [2.24, 2.45) is 27.9 Å². The first-order chi connectivity index (χ1) is 14.9. The van der Waals surface area contributed by atoms with Crippen LogP contribution in [0.4, 0.5) is 0 Å². The highest BCUT2D eigenvalue weighted by molar-refractivity contribution is 5.94. The zero-order chi connectivity index (χ0) is 24.8. The summed E-state index contributed by atoms with van der Waals surface area (Å²) in [6.45, 7) is 0.930. The standard InChI is InChI=1S/C17H32N8O7/c1-8(26)13(25-12(28)7-18)15(30)23-9(4-5-11(19)27)14(29)24-10(16(31)32)3-2-6-22-17(20)21/h8-10,13,26H,2-7,18H2,1H3,(H2,19,27)(H,23,30)(H,24,29)(H,25,28)(H,31,32)(H4,20,21,22). The molecule has 0 aliphatic heterocycles. The van der Waals surface area contributed by atoms with Crippen LogP contribution in [0.1, 0.15) is 32.6 Å². The Bertz CT molecular complexity index is 709. The van der Waals surface area contributed by atoms with Gasteiger partial charge in [0, 0.05) is 13.0 Å².